The molecule has 92 valence electrons. The van der Waals surface area contributed by atoms with Crippen LogP contribution in [0.15, 0.2) is 12.7 Å². The van der Waals surface area contributed by atoms with E-state index in [0.29, 0.717) is 18.8 Å². The van der Waals surface area contributed by atoms with Crippen LogP contribution in [0.5, 0.6) is 5.88 Å². The Balaban J connectivity index is 3.29. The lowest BCUT2D eigenvalue weighted by Crippen LogP contribution is -2.09. The van der Waals surface area contributed by atoms with Crippen molar-refractivity contribution in [1.82, 2.24) is 9.97 Å². The van der Waals surface area contributed by atoms with Gasteiger partial charge in [0.05, 0.1) is 12.0 Å². The minimum absolute atomic E-state index is 0.0339. The average Bonchev–Trinajstić information content (AvgIpc) is 2.34. The van der Waals surface area contributed by atoms with E-state index in [2.05, 4.69) is 21.9 Å². The van der Waals surface area contributed by atoms with Gasteiger partial charge in [0.15, 0.2) is 0 Å². The van der Waals surface area contributed by atoms with Crippen LogP contribution in [0.3, 0.4) is 0 Å². The zero-order chi connectivity index (χ0) is 12.8. The van der Waals surface area contributed by atoms with Crippen LogP contribution in [0.2, 0.25) is 0 Å². The SMILES string of the molecule is C=CCNc1nc(CC)nc(OC)c1[N+](=O)[O-]. The molecule has 0 aromatic carbocycles. The summed E-state index contributed by atoms with van der Waals surface area (Å²) in [6, 6.07) is 0. The molecule has 0 saturated carbocycles. The molecule has 0 fully saturated rings. The number of rotatable bonds is 6. The van der Waals surface area contributed by atoms with Crippen molar-refractivity contribution < 1.29 is 9.66 Å². The maximum atomic E-state index is 10.9. The van der Waals surface area contributed by atoms with E-state index in [1.807, 2.05) is 6.92 Å². The number of nitrogens with zero attached hydrogens (tertiary/aromatic N) is 3. The molecule has 0 spiro atoms. The van der Waals surface area contributed by atoms with Crippen molar-refractivity contribution in [2.75, 3.05) is 19.0 Å². The van der Waals surface area contributed by atoms with Gasteiger partial charge in [-0.2, -0.15) is 4.98 Å². The van der Waals surface area contributed by atoms with Gasteiger partial charge in [0, 0.05) is 13.0 Å². The number of aryl methyl sites for hydroxylation is 1. The number of nitro groups is 1. The molecule has 1 heterocycles. The number of nitrogens with one attached hydrogen (secondary N) is 1. The summed E-state index contributed by atoms with van der Waals surface area (Å²) < 4.78 is 4.91. The van der Waals surface area contributed by atoms with Crippen molar-refractivity contribution in [3.63, 3.8) is 0 Å². The second kappa shape index (κ2) is 5.78. The van der Waals surface area contributed by atoms with Crippen molar-refractivity contribution in [2.45, 2.75) is 13.3 Å². The van der Waals surface area contributed by atoms with E-state index in [-0.39, 0.29) is 17.4 Å². The minimum Gasteiger partial charge on any atom is -0.476 e. The molecule has 1 N–H and O–H groups in total. The van der Waals surface area contributed by atoms with E-state index >= 15 is 0 Å². The van der Waals surface area contributed by atoms with Gasteiger partial charge in [-0.25, -0.2) is 4.98 Å². The Morgan fingerprint density at radius 1 is 1.59 bits per heavy atom. The molecule has 1 rings (SSSR count). The van der Waals surface area contributed by atoms with Crippen molar-refractivity contribution in [2.24, 2.45) is 0 Å². The molecular weight excluding hydrogens is 224 g/mol. The molecule has 0 unspecified atom stereocenters. The van der Waals surface area contributed by atoms with Crippen LogP contribution in [0.4, 0.5) is 11.5 Å². The Labute approximate surface area is 98.7 Å². The lowest BCUT2D eigenvalue weighted by atomic mass is 10.4. The summed E-state index contributed by atoms with van der Waals surface area (Å²) in [5.74, 6) is 0.603. The number of anilines is 1. The Bertz CT molecular complexity index is 434. The first kappa shape index (κ1) is 12.9. The number of methoxy groups -OCH3 is 1. The molecule has 0 bridgehead atoms. The van der Waals surface area contributed by atoms with Gasteiger partial charge in [-0.15, -0.1) is 6.58 Å². The van der Waals surface area contributed by atoms with Gasteiger partial charge in [0.1, 0.15) is 5.82 Å². The highest BCUT2D eigenvalue weighted by Crippen LogP contribution is 2.31. The Kier molecular flexibility index (Phi) is 4.38. The molecule has 17 heavy (non-hydrogen) atoms. The molecule has 0 atom stereocenters. The second-order valence-electron chi connectivity index (χ2n) is 3.13. The minimum atomic E-state index is -0.566. The largest absolute Gasteiger partial charge is 0.476 e. The van der Waals surface area contributed by atoms with Crippen LogP contribution in [0, 0.1) is 10.1 Å². The van der Waals surface area contributed by atoms with E-state index in [1.54, 1.807) is 6.08 Å². The lowest BCUT2D eigenvalue weighted by Gasteiger charge is -2.08. The highest BCUT2D eigenvalue weighted by molar-refractivity contribution is 5.61. The van der Waals surface area contributed by atoms with Crippen molar-refractivity contribution in [1.29, 1.82) is 0 Å². The fraction of sp³-hybridized carbons (Fsp3) is 0.400. The standard InChI is InChI=1S/C10H14N4O3/c1-4-6-11-9-8(14(15)16)10(17-3)13-7(5-2)12-9/h4H,1,5-6H2,2-3H3,(H,11,12,13). The van der Waals surface area contributed by atoms with Crippen molar-refractivity contribution in [3.05, 3.63) is 28.6 Å². The zero-order valence-electron chi connectivity index (χ0n) is 9.77. The van der Waals surface area contributed by atoms with Gasteiger partial charge in [-0.05, 0) is 0 Å². The third-order valence-electron chi connectivity index (χ3n) is 2.00. The van der Waals surface area contributed by atoms with Gasteiger partial charge in [0.25, 0.3) is 5.88 Å². The first-order valence-electron chi connectivity index (χ1n) is 5.08. The zero-order valence-corrected chi connectivity index (χ0v) is 9.77. The molecule has 0 aliphatic heterocycles. The van der Waals surface area contributed by atoms with E-state index in [9.17, 15) is 10.1 Å². The normalized spacial score (nSPS) is 9.76. The fourth-order valence-corrected chi connectivity index (χ4v) is 1.24. The molecule has 0 aliphatic rings. The van der Waals surface area contributed by atoms with Gasteiger partial charge in [-0.3, -0.25) is 10.1 Å². The lowest BCUT2D eigenvalue weighted by molar-refractivity contribution is -0.385. The van der Waals surface area contributed by atoms with Crippen molar-refractivity contribution >= 4 is 11.5 Å². The van der Waals surface area contributed by atoms with Gasteiger partial charge >= 0.3 is 5.69 Å². The number of ether oxygens (including phenoxy) is 1. The molecular formula is C10H14N4O3. The molecule has 1 aromatic heterocycles. The predicted molar refractivity (Wildman–Crippen MR) is 63.3 cm³/mol. The summed E-state index contributed by atoms with van der Waals surface area (Å²) in [5, 5.41) is 13.7. The molecule has 7 heteroatoms. The molecule has 0 aliphatic carbocycles. The molecule has 1 aromatic rings. The monoisotopic (exact) mass is 238 g/mol. The van der Waals surface area contributed by atoms with E-state index in [1.165, 1.54) is 7.11 Å². The average molecular weight is 238 g/mol. The highest BCUT2D eigenvalue weighted by atomic mass is 16.6. The fourth-order valence-electron chi connectivity index (χ4n) is 1.24. The summed E-state index contributed by atoms with van der Waals surface area (Å²) >= 11 is 0. The van der Waals surface area contributed by atoms with Crippen molar-refractivity contribution in [3.8, 4) is 5.88 Å². The second-order valence-corrected chi connectivity index (χ2v) is 3.13. The highest BCUT2D eigenvalue weighted by Gasteiger charge is 2.25. The van der Waals surface area contributed by atoms with Crippen LogP contribution in [-0.4, -0.2) is 28.5 Å². The van der Waals surface area contributed by atoms with Gasteiger partial charge < -0.3 is 10.1 Å². The maximum absolute atomic E-state index is 10.9. The van der Waals surface area contributed by atoms with E-state index in [0.717, 1.165) is 0 Å². The number of aromatic nitrogens is 2. The molecule has 0 radical (unpaired) electrons. The quantitative estimate of drug-likeness (QED) is 0.459. The van der Waals surface area contributed by atoms with Crippen LogP contribution in [0.1, 0.15) is 12.7 Å². The summed E-state index contributed by atoms with van der Waals surface area (Å²) in [5.41, 5.74) is -0.258. The third-order valence-corrected chi connectivity index (χ3v) is 2.00. The first-order valence-corrected chi connectivity index (χ1v) is 5.08. The Morgan fingerprint density at radius 3 is 2.76 bits per heavy atom. The Hall–Kier alpha value is -2.18. The summed E-state index contributed by atoms with van der Waals surface area (Å²) in [6.45, 7) is 5.77. The molecule has 0 amide bonds. The topological polar surface area (TPSA) is 90.2 Å². The first-order chi connectivity index (χ1) is 8.13. The maximum Gasteiger partial charge on any atom is 0.372 e. The van der Waals surface area contributed by atoms with E-state index < -0.39 is 4.92 Å². The predicted octanol–water partition coefficient (Wildman–Crippen LogP) is 1.55. The number of hydrogen-bond acceptors (Lipinski definition) is 6. The third kappa shape index (κ3) is 2.90. The smallest absolute Gasteiger partial charge is 0.372 e. The van der Waals surface area contributed by atoms with Crippen LogP contribution in [0.25, 0.3) is 0 Å². The molecule has 7 nitrogen and oxygen atoms in total. The van der Waals surface area contributed by atoms with Crippen LogP contribution >= 0.6 is 0 Å². The van der Waals surface area contributed by atoms with Gasteiger partial charge in [-0.1, -0.05) is 13.0 Å². The van der Waals surface area contributed by atoms with Gasteiger partial charge in [0.2, 0.25) is 5.82 Å². The van der Waals surface area contributed by atoms with Crippen LogP contribution in [-0.2, 0) is 6.42 Å². The van der Waals surface area contributed by atoms with Crippen LogP contribution < -0.4 is 10.1 Å². The van der Waals surface area contributed by atoms with E-state index in [4.69, 9.17) is 4.74 Å². The summed E-state index contributed by atoms with van der Waals surface area (Å²) in [4.78, 5) is 18.4. The summed E-state index contributed by atoms with van der Waals surface area (Å²) in [6.07, 6.45) is 2.15. The Morgan fingerprint density at radius 2 is 2.29 bits per heavy atom. The molecule has 0 saturated heterocycles. The summed E-state index contributed by atoms with van der Waals surface area (Å²) in [7, 11) is 1.34. The number of hydrogen-bond donors (Lipinski definition) is 1.